The van der Waals surface area contributed by atoms with E-state index in [9.17, 15) is 0 Å². The van der Waals surface area contributed by atoms with Crippen molar-refractivity contribution in [2.75, 3.05) is 12.4 Å². The van der Waals surface area contributed by atoms with Gasteiger partial charge in [-0.3, -0.25) is 0 Å². The standard InChI is InChI=1S/C13H15N3O2/c1-17-12-6-11(7-12)15-10-4-2-3-9(5-10)13-16-14-8-18-13/h2-5,8,11-12,15H,6-7H2,1H3. The maximum atomic E-state index is 5.26. The van der Waals surface area contributed by atoms with E-state index in [-0.39, 0.29) is 0 Å². The van der Waals surface area contributed by atoms with E-state index in [1.807, 2.05) is 24.3 Å². The third-order valence-corrected chi connectivity index (χ3v) is 3.27. The van der Waals surface area contributed by atoms with Crippen molar-refractivity contribution in [3.05, 3.63) is 30.7 Å². The molecular weight excluding hydrogens is 230 g/mol. The van der Waals surface area contributed by atoms with Crippen LogP contribution in [0.2, 0.25) is 0 Å². The van der Waals surface area contributed by atoms with Crippen molar-refractivity contribution >= 4 is 5.69 Å². The zero-order valence-corrected chi connectivity index (χ0v) is 10.2. The number of nitrogens with zero attached hydrogens (tertiary/aromatic N) is 2. The quantitative estimate of drug-likeness (QED) is 0.895. The third kappa shape index (κ3) is 2.22. The van der Waals surface area contributed by atoms with E-state index in [2.05, 4.69) is 15.5 Å². The minimum absolute atomic E-state index is 0.404. The molecule has 0 bridgehead atoms. The number of anilines is 1. The molecule has 1 aromatic heterocycles. The monoisotopic (exact) mass is 245 g/mol. The molecule has 0 radical (unpaired) electrons. The normalized spacial score (nSPS) is 22.5. The molecule has 0 amide bonds. The smallest absolute Gasteiger partial charge is 0.247 e. The Kier molecular flexibility index (Phi) is 2.98. The number of methoxy groups -OCH3 is 1. The molecule has 5 nitrogen and oxygen atoms in total. The van der Waals surface area contributed by atoms with E-state index < -0.39 is 0 Å². The van der Waals surface area contributed by atoms with Crippen LogP contribution in [0.3, 0.4) is 0 Å². The summed E-state index contributed by atoms with van der Waals surface area (Å²) in [5, 5.41) is 11.1. The number of hydrogen-bond donors (Lipinski definition) is 1. The second kappa shape index (κ2) is 4.78. The molecule has 94 valence electrons. The highest BCUT2D eigenvalue weighted by Crippen LogP contribution is 2.27. The zero-order chi connectivity index (χ0) is 12.4. The van der Waals surface area contributed by atoms with Crippen LogP contribution in [0.15, 0.2) is 35.1 Å². The van der Waals surface area contributed by atoms with Gasteiger partial charge in [-0.2, -0.15) is 0 Å². The molecule has 2 aromatic rings. The maximum absolute atomic E-state index is 5.26. The highest BCUT2D eigenvalue weighted by atomic mass is 16.5. The minimum Gasteiger partial charge on any atom is -0.423 e. The third-order valence-electron chi connectivity index (χ3n) is 3.27. The van der Waals surface area contributed by atoms with E-state index in [1.165, 1.54) is 6.39 Å². The summed E-state index contributed by atoms with van der Waals surface area (Å²) in [5.41, 5.74) is 2.00. The number of aromatic nitrogens is 2. The fourth-order valence-corrected chi connectivity index (χ4v) is 2.15. The molecule has 0 saturated heterocycles. The van der Waals surface area contributed by atoms with Crippen molar-refractivity contribution in [1.82, 2.24) is 10.2 Å². The molecule has 0 atom stereocenters. The van der Waals surface area contributed by atoms with Gasteiger partial charge < -0.3 is 14.5 Å². The average molecular weight is 245 g/mol. The number of hydrogen-bond acceptors (Lipinski definition) is 5. The van der Waals surface area contributed by atoms with Crippen LogP contribution in [-0.2, 0) is 4.74 Å². The Morgan fingerprint density at radius 3 is 3.00 bits per heavy atom. The van der Waals surface area contributed by atoms with Gasteiger partial charge in [-0.05, 0) is 31.0 Å². The van der Waals surface area contributed by atoms with Gasteiger partial charge in [0.2, 0.25) is 12.3 Å². The van der Waals surface area contributed by atoms with Crippen LogP contribution in [0, 0.1) is 0 Å². The highest BCUT2D eigenvalue weighted by molar-refractivity contribution is 5.61. The predicted molar refractivity (Wildman–Crippen MR) is 67.2 cm³/mol. The van der Waals surface area contributed by atoms with Gasteiger partial charge in [-0.15, -0.1) is 10.2 Å². The first-order valence-electron chi connectivity index (χ1n) is 6.01. The Labute approximate surface area is 105 Å². The number of ether oxygens (including phenoxy) is 1. The molecule has 1 N–H and O–H groups in total. The van der Waals surface area contributed by atoms with Crippen LogP contribution in [-0.4, -0.2) is 29.5 Å². The largest absolute Gasteiger partial charge is 0.423 e. The van der Waals surface area contributed by atoms with Gasteiger partial charge in [0.05, 0.1) is 6.10 Å². The van der Waals surface area contributed by atoms with Crippen LogP contribution >= 0.6 is 0 Å². The summed E-state index contributed by atoms with van der Waals surface area (Å²) in [6.45, 7) is 0. The van der Waals surface area contributed by atoms with Gasteiger partial charge in [0.25, 0.3) is 0 Å². The Balaban J connectivity index is 1.68. The Hall–Kier alpha value is -1.88. The van der Waals surface area contributed by atoms with E-state index in [0.29, 0.717) is 18.0 Å². The molecule has 1 saturated carbocycles. The van der Waals surface area contributed by atoms with Gasteiger partial charge >= 0.3 is 0 Å². The fraction of sp³-hybridized carbons (Fsp3) is 0.385. The van der Waals surface area contributed by atoms with Gasteiger partial charge in [-0.25, -0.2) is 0 Å². The van der Waals surface area contributed by atoms with Crippen LogP contribution in [0.4, 0.5) is 5.69 Å². The van der Waals surface area contributed by atoms with Gasteiger partial charge in [0.1, 0.15) is 0 Å². The van der Waals surface area contributed by atoms with Crippen molar-refractivity contribution < 1.29 is 9.15 Å². The van der Waals surface area contributed by atoms with Crippen molar-refractivity contribution in [2.24, 2.45) is 0 Å². The van der Waals surface area contributed by atoms with Crippen molar-refractivity contribution in [3.8, 4) is 11.5 Å². The summed E-state index contributed by atoms with van der Waals surface area (Å²) in [4.78, 5) is 0. The van der Waals surface area contributed by atoms with E-state index in [0.717, 1.165) is 24.1 Å². The van der Waals surface area contributed by atoms with Crippen LogP contribution in [0.25, 0.3) is 11.5 Å². The second-order valence-corrected chi connectivity index (χ2v) is 4.50. The fourth-order valence-electron chi connectivity index (χ4n) is 2.15. The zero-order valence-electron chi connectivity index (χ0n) is 10.2. The summed E-state index contributed by atoms with van der Waals surface area (Å²) in [6.07, 6.45) is 3.86. The van der Waals surface area contributed by atoms with Gasteiger partial charge in [0.15, 0.2) is 0 Å². The Morgan fingerprint density at radius 2 is 2.28 bits per heavy atom. The molecular formula is C13H15N3O2. The van der Waals surface area contributed by atoms with E-state index in [1.54, 1.807) is 7.11 Å². The predicted octanol–water partition coefficient (Wildman–Crippen LogP) is 2.33. The molecule has 1 aliphatic rings. The van der Waals surface area contributed by atoms with Crippen LogP contribution < -0.4 is 5.32 Å². The summed E-state index contributed by atoms with van der Waals surface area (Å²) in [5.74, 6) is 0.544. The number of rotatable bonds is 4. The minimum atomic E-state index is 0.404. The lowest BCUT2D eigenvalue weighted by Crippen LogP contribution is -2.40. The molecule has 5 heteroatoms. The molecule has 1 aliphatic carbocycles. The molecule has 3 rings (SSSR count). The lowest BCUT2D eigenvalue weighted by Gasteiger charge is -2.35. The number of nitrogens with one attached hydrogen (secondary N) is 1. The summed E-state index contributed by atoms with van der Waals surface area (Å²) < 4.78 is 10.4. The van der Waals surface area contributed by atoms with Crippen molar-refractivity contribution in [3.63, 3.8) is 0 Å². The lowest BCUT2D eigenvalue weighted by atomic mass is 9.89. The molecule has 0 unspecified atom stereocenters. The van der Waals surface area contributed by atoms with Crippen LogP contribution in [0.5, 0.6) is 0 Å². The average Bonchev–Trinajstić information content (AvgIpc) is 2.87. The highest BCUT2D eigenvalue weighted by Gasteiger charge is 2.28. The first-order chi connectivity index (χ1) is 8.85. The molecule has 1 fully saturated rings. The summed E-state index contributed by atoms with van der Waals surface area (Å²) in [6, 6.07) is 8.49. The van der Waals surface area contributed by atoms with Crippen molar-refractivity contribution in [2.45, 2.75) is 25.0 Å². The lowest BCUT2D eigenvalue weighted by molar-refractivity contribution is 0.0329. The van der Waals surface area contributed by atoms with Gasteiger partial charge in [-0.1, -0.05) is 6.07 Å². The second-order valence-electron chi connectivity index (χ2n) is 4.50. The summed E-state index contributed by atoms with van der Waals surface area (Å²) >= 11 is 0. The van der Waals surface area contributed by atoms with E-state index >= 15 is 0 Å². The van der Waals surface area contributed by atoms with Gasteiger partial charge in [0, 0.05) is 24.4 Å². The molecule has 0 spiro atoms. The first-order valence-corrected chi connectivity index (χ1v) is 6.01. The summed E-state index contributed by atoms with van der Waals surface area (Å²) in [7, 11) is 1.76. The maximum Gasteiger partial charge on any atom is 0.247 e. The SMILES string of the molecule is COC1CC(Nc2cccc(-c3nnco3)c2)C1. The van der Waals surface area contributed by atoms with Crippen LogP contribution in [0.1, 0.15) is 12.8 Å². The Morgan fingerprint density at radius 1 is 1.39 bits per heavy atom. The molecule has 0 aliphatic heterocycles. The van der Waals surface area contributed by atoms with Crippen molar-refractivity contribution in [1.29, 1.82) is 0 Å². The van der Waals surface area contributed by atoms with E-state index in [4.69, 9.17) is 9.15 Å². The Bertz CT molecular complexity index is 507. The molecule has 18 heavy (non-hydrogen) atoms. The first kappa shape index (κ1) is 11.2. The molecule has 1 heterocycles. The topological polar surface area (TPSA) is 60.2 Å². The molecule has 1 aromatic carbocycles. The number of benzene rings is 1.